The van der Waals surface area contributed by atoms with Crippen LogP contribution in [0.2, 0.25) is 0 Å². The number of aromatic nitrogens is 1. The number of carbonyl (C=O) groups excluding carboxylic acids is 1. The summed E-state index contributed by atoms with van der Waals surface area (Å²) in [6.07, 6.45) is 7.49. The van der Waals surface area contributed by atoms with Gasteiger partial charge in [0.1, 0.15) is 5.76 Å². The average molecular weight is 405 g/mol. The molecule has 1 saturated carbocycles. The van der Waals surface area contributed by atoms with E-state index in [1.54, 1.807) is 6.07 Å². The van der Waals surface area contributed by atoms with Crippen molar-refractivity contribution in [1.29, 1.82) is 0 Å². The number of piperidine rings is 3. The van der Waals surface area contributed by atoms with E-state index < -0.39 is 0 Å². The third kappa shape index (κ3) is 3.18. The second-order valence-electron chi connectivity index (χ2n) is 9.37. The van der Waals surface area contributed by atoms with Crippen LogP contribution in [0.15, 0.2) is 10.6 Å². The van der Waals surface area contributed by atoms with Gasteiger partial charge in [0.15, 0.2) is 5.69 Å². The van der Waals surface area contributed by atoms with Gasteiger partial charge < -0.3 is 14.6 Å². The fourth-order valence-corrected chi connectivity index (χ4v) is 7.13. The lowest BCUT2D eigenvalue weighted by molar-refractivity contribution is -0.00228. The predicted molar refractivity (Wildman–Crippen MR) is 105 cm³/mol. The lowest BCUT2D eigenvalue weighted by Crippen LogP contribution is -2.51. The van der Waals surface area contributed by atoms with Gasteiger partial charge in [-0.2, -0.15) is 0 Å². The van der Waals surface area contributed by atoms with E-state index in [2.05, 4.69) is 19.1 Å². The van der Waals surface area contributed by atoms with Crippen LogP contribution in [-0.2, 0) is 4.74 Å². The van der Waals surface area contributed by atoms with Crippen molar-refractivity contribution in [3.8, 4) is 0 Å². The minimum absolute atomic E-state index is 0.100. The van der Waals surface area contributed by atoms with Crippen molar-refractivity contribution < 1.29 is 14.1 Å². The van der Waals surface area contributed by atoms with E-state index in [-0.39, 0.29) is 17.9 Å². The molecule has 1 aromatic rings. The molecule has 0 aromatic carbocycles. The van der Waals surface area contributed by atoms with E-state index in [9.17, 15) is 4.79 Å². The van der Waals surface area contributed by atoms with Crippen LogP contribution in [0, 0.1) is 11.8 Å². The Morgan fingerprint density at radius 1 is 1.11 bits per heavy atom. The van der Waals surface area contributed by atoms with Crippen LogP contribution < -0.4 is 5.32 Å². The third-order valence-electron chi connectivity index (χ3n) is 7.27. The molecule has 5 saturated heterocycles. The molecule has 28 heavy (non-hydrogen) atoms. The summed E-state index contributed by atoms with van der Waals surface area (Å²) in [5.41, 5.74) is 0.401. The molecule has 1 aromatic heterocycles. The van der Waals surface area contributed by atoms with E-state index in [0.717, 1.165) is 30.4 Å². The highest BCUT2D eigenvalue weighted by molar-refractivity contribution is 7.94. The van der Waals surface area contributed by atoms with Gasteiger partial charge in [-0.05, 0) is 50.4 Å². The SMILES string of the molecule is O=C(NC1CC2CC[C@@H](C1)N2SN1CC2CC(C2)C1)c1cc(C2COC2)on1. The highest BCUT2D eigenvalue weighted by Crippen LogP contribution is 2.46. The first-order valence-corrected chi connectivity index (χ1v) is 11.5. The summed E-state index contributed by atoms with van der Waals surface area (Å²) in [4.78, 5) is 12.6. The van der Waals surface area contributed by atoms with Crippen molar-refractivity contribution >= 4 is 18.0 Å². The molecule has 7 nitrogen and oxygen atoms in total. The van der Waals surface area contributed by atoms with Crippen molar-refractivity contribution in [2.45, 2.75) is 62.6 Å². The molecule has 6 aliphatic rings. The zero-order valence-electron chi connectivity index (χ0n) is 16.1. The Labute approximate surface area is 169 Å². The fourth-order valence-electron chi connectivity index (χ4n) is 5.66. The van der Waals surface area contributed by atoms with Crippen LogP contribution in [0.25, 0.3) is 0 Å². The summed E-state index contributed by atoms with van der Waals surface area (Å²) in [5.74, 6) is 2.81. The van der Waals surface area contributed by atoms with Crippen LogP contribution in [0.5, 0.6) is 0 Å². The Hall–Kier alpha value is -1.09. The monoisotopic (exact) mass is 404 g/mol. The molecule has 6 heterocycles. The fraction of sp³-hybridized carbons (Fsp3) is 0.800. The van der Waals surface area contributed by atoms with E-state index >= 15 is 0 Å². The smallest absolute Gasteiger partial charge is 0.273 e. The molecule has 1 N–H and O–H groups in total. The molecular formula is C20H28N4O3S. The predicted octanol–water partition coefficient (Wildman–Crippen LogP) is 2.42. The summed E-state index contributed by atoms with van der Waals surface area (Å²) < 4.78 is 15.8. The van der Waals surface area contributed by atoms with Crippen LogP contribution in [0.1, 0.15) is 60.7 Å². The molecule has 3 atom stereocenters. The minimum Gasteiger partial charge on any atom is -0.380 e. The Morgan fingerprint density at radius 2 is 1.82 bits per heavy atom. The van der Waals surface area contributed by atoms with Gasteiger partial charge in [-0.15, -0.1) is 0 Å². The molecule has 2 unspecified atom stereocenters. The van der Waals surface area contributed by atoms with Crippen LogP contribution in [0.4, 0.5) is 0 Å². The van der Waals surface area contributed by atoms with E-state index in [1.807, 2.05) is 12.1 Å². The average Bonchev–Trinajstić information content (AvgIpc) is 3.16. The molecule has 0 radical (unpaired) electrons. The van der Waals surface area contributed by atoms with Gasteiger partial charge in [0.25, 0.3) is 5.91 Å². The van der Waals surface area contributed by atoms with E-state index in [1.165, 1.54) is 38.8 Å². The summed E-state index contributed by atoms with van der Waals surface area (Å²) >= 11 is 2.00. The highest BCUT2D eigenvalue weighted by atomic mass is 32.2. The first-order chi connectivity index (χ1) is 13.7. The van der Waals surface area contributed by atoms with E-state index in [4.69, 9.17) is 9.26 Å². The van der Waals surface area contributed by atoms with Gasteiger partial charge in [0, 0.05) is 49.4 Å². The second-order valence-corrected chi connectivity index (χ2v) is 10.5. The van der Waals surface area contributed by atoms with Crippen molar-refractivity contribution in [2.24, 2.45) is 11.8 Å². The first kappa shape index (κ1) is 17.7. The lowest BCUT2D eigenvalue weighted by atomic mass is 9.72. The van der Waals surface area contributed by atoms with Crippen molar-refractivity contribution in [3.05, 3.63) is 17.5 Å². The normalized spacial score (nSPS) is 38.1. The topological polar surface area (TPSA) is 70.8 Å². The summed E-state index contributed by atoms with van der Waals surface area (Å²) in [5, 5.41) is 7.20. The van der Waals surface area contributed by atoms with Gasteiger partial charge in [-0.3, -0.25) is 4.79 Å². The zero-order valence-corrected chi connectivity index (χ0v) is 16.9. The van der Waals surface area contributed by atoms with Crippen molar-refractivity contribution in [1.82, 2.24) is 19.1 Å². The Bertz CT molecular complexity index is 724. The molecular weight excluding hydrogens is 376 g/mol. The maximum absolute atomic E-state index is 12.6. The number of fused-ring (bicyclic) bond motifs is 4. The number of rotatable bonds is 5. The Kier molecular flexibility index (Phi) is 4.44. The van der Waals surface area contributed by atoms with Crippen LogP contribution in [-0.4, -0.2) is 64.1 Å². The van der Waals surface area contributed by atoms with Gasteiger partial charge in [-0.25, -0.2) is 8.61 Å². The number of carbonyl (C=O) groups is 1. The largest absolute Gasteiger partial charge is 0.380 e. The van der Waals surface area contributed by atoms with Crippen molar-refractivity contribution in [3.63, 3.8) is 0 Å². The number of ether oxygens (including phenoxy) is 1. The second kappa shape index (κ2) is 7.00. The van der Waals surface area contributed by atoms with Gasteiger partial charge in [0.2, 0.25) is 0 Å². The summed E-state index contributed by atoms with van der Waals surface area (Å²) in [6.45, 7) is 3.85. The summed E-state index contributed by atoms with van der Waals surface area (Å²) in [6, 6.07) is 3.17. The number of nitrogens with zero attached hydrogens (tertiary/aromatic N) is 3. The molecule has 1 aliphatic carbocycles. The third-order valence-corrected chi connectivity index (χ3v) is 8.58. The molecule has 5 aliphatic heterocycles. The number of hydrogen-bond donors (Lipinski definition) is 1. The molecule has 6 fully saturated rings. The number of hydrogen-bond acceptors (Lipinski definition) is 7. The molecule has 4 bridgehead atoms. The molecule has 0 spiro atoms. The van der Waals surface area contributed by atoms with Gasteiger partial charge >= 0.3 is 0 Å². The van der Waals surface area contributed by atoms with Crippen LogP contribution >= 0.6 is 12.1 Å². The van der Waals surface area contributed by atoms with Gasteiger partial charge in [0.05, 0.1) is 19.1 Å². The first-order valence-electron chi connectivity index (χ1n) is 10.8. The van der Waals surface area contributed by atoms with Gasteiger partial charge in [-0.1, -0.05) is 5.16 Å². The Balaban J connectivity index is 1.04. The van der Waals surface area contributed by atoms with Crippen LogP contribution in [0.3, 0.4) is 0 Å². The summed E-state index contributed by atoms with van der Waals surface area (Å²) in [7, 11) is 0. The quantitative estimate of drug-likeness (QED) is 0.756. The molecule has 7 rings (SSSR count). The maximum atomic E-state index is 12.6. The number of nitrogens with one attached hydrogen (secondary N) is 1. The standard InChI is InChI=1S/C20H28N4O3S/c25-20(18-7-19(27-22-18)14-10-26-11-14)21-15-5-16-1-2-17(6-15)24(16)28-23-8-12-3-13(4-12)9-23/h7,12-17H,1-6,8-11H2,(H,21,25)/t12?,13?,15?,16-,17?/m0/s1. The Morgan fingerprint density at radius 3 is 2.46 bits per heavy atom. The molecule has 152 valence electrons. The molecule has 8 heteroatoms. The van der Waals surface area contributed by atoms with E-state index in [0.29, 0.717) is 31.0 Å². The highest BCUT2D eigenvalue weighted by Gasteiger charge is 2.45. The zero-order chi connectivity index (χ0) is 18.7. The lowest BCUT2D eigenvalue weighted by Gasteiger charge is -2.49. The van der Waals surface area contributed by atoms with Crippen molar-refractivity contribution in [2.75, 3.05) is 26.3 Å². The minimum atomic E-state index is -0.100. The maximum Gasteiger partial charge on any atom is 0.273 e. The number of amides is 1. The molecule has 1 amide bonds.